The summed E-state index contributed by atoms with van der Waals surface area (Å²) in [5.74, 6) is -1.54. The van der Waals surface area contributed by atoms with Crippen LogP contribution in [0.5, 0.6) is 0 Å². The van der Waals surface area contributed by atoms with E-state index in [-0.39, 0.29) is 39.2 Å². The van der Waals surface area contributed by atoms with Crippen molar-refractivity contribution in [2.75, 3.05) is 11.4 Å². The minimum absolute atomic E-state index is 0. The molecule has 2 aromatic rings. The smallest absolute Gasteiger partial charge is 0.258 e. The standard InChI is InChI=1S/C17H17F2NO.Ti/c1-12(2)11-20(16-9-8-14(18)10-15(16)19)17(21)13-6-4-3-5-7-13;/h3-10,12H,11H2,1-2H3;. The molecule has 0 saturated carbocycles. The Morgan fingerprint density at radius 3 is 2.27 bits per heavy atom. The summed E-state index contributed by atoms with van der Waals surface area (Å²) in [4.78, 5) is 13.9. The number of carbonyl (C=O) groups is 1. The Kier molecular flexibility index (Phi) is 6.91. The monoisotopic (exact) mass is 337 g/mol. The molecule has 2 nitrogen and oxygen atoms in total. The molecule has 0 bridgehead atoms. The average molecular weight is 337 g/mol. The van der Waals surface area contributed by atoms with Crippen LogP contribution in [0.3, 0.4) is 0 Å². The number of halogens is 2. The zero-order valence-electron chi connectivity index (χ0n) is 12.5. The maximum atomic E-state index is 14.0. The fourth-order valence-electron chi connectivity index (χ4n) is 2.09. The van der Waals surface area contributed by atoms with Crippen molar-refractivity contribution in [1.82, 2.24) is 0 Å². The number of carbonyl (C=O) groups excluding carboxylic acids is 1. The fraction of sp³-hybridized carbons (Fsp3) is 0.235. The second-order valence-corrected chi connectivity index (χ2v) is 5.27. The van der Waals surface area contributed by atoms with Crippen molar-refractivity contribution >= 4 is 11.6 Å². The topological polar surface area (TPSA) is 20.3 Å². The van der Waals surface area contributed by atoms with E-state index in [0.29, 0.717) is 12.1 Å². The van der Waals surface area contributed by atoms with Gasteiger partial charge in [0.25, 0.3) is 5.91 Å². The van der Waals surface area contributed by atoms with Gasteiger partial charge in [-0.3, -0.25) is 4.79 Å². The van der Waals surface area contributed by atoms with Gasteiger partial charge >= 0.3 is 0 Å². The predicted molar refractivity (Wildman–Crippen MR) is 79.3 cm³/mol. The van der Waals surface area contributed by atoms with E-state index < -0.39 is 11.6 Å². The number of rotatable bonds is 4. The van der Waals surface area contributed by atoms with Gasteiger partial charge in [-0.15, -0.1) is 0 Å². The van der Waals surface area contributed by atoms with Gasteiger partial charge in [-0.2, -0.15) is 0 Å². The maximum Gasteiger partial charge on any atom is 0.258 e. The van der Waals surface area contributed by atoms with E-state index in [1.54, 1.807) is 24.3 Å². The van der Waals surface area contributed by atoms with Crippen molar-refractivity contribution in [3.8, 4) is 0 Å². The van der Waals surface area contributed by atoms with Crippen LogP contribution in [-0.4, -0.2) is 12.5 Å². The average Bonchev–Trinajstić information content (AvgIpc) is 2.45. The van der Waals surface area contributed by atoms with E-state index in [0.717, 1.165) is 12.1 Å². The molecular formula is C17H17F2NOTi. The molecule has 0 aliphatic heterocycles. The summed E-state index contributed by atoms with van der Waals surface area (Å²) in [5, 5.41) is 0. The minimum Gasteiger partial charge on any atom is -0.305 e. The van der Waals surface area contributed by atoms with Crippen molar-refractivity contribution < 1.29 is 35.3 Å². The van der Waals surface area contributed by atoms with Gasteiger partial charge in [0.1, 0.15) is 11.6 Å². The molecule has 1 amide bonds. The van der Waals surface area contributed by atoms with E-state index in [1.807, 2.05) is 19.9 Å². The molecule has 0 saturated heterocycles. The zero-order chi connectivity index (χ0) is 15.4. The Morgan fingerprint density at radius 2 is 1.73 bits per heavy atom. The largest absolute Gasteiger partial charge is 0.305 e. The predicted octanol–water partition coefficient (Wildman–Crippen LogP) is 4.27. The first kappa shape index (κ1) is 18.5. The first-order valence-corrected chi connectivity index (χ1v) is 6.81. The molecule has 0 atom stereocenters. The van der Waals surface area contributed by atoms with Crippen LogP contribution in [0.2, 0.25) is 0 Å². The van der Waals surface area contributed by atoms with Crippen molar-refractivity contribution in [3.05, 3.63) is 65.7 Å². The third-order valence-corrected chi connectivity index (χ3v) is 3.01. The van der Waals surface area contributed by atoms with Gasteiger partial charge in [0.15, 0.2) is 0 Å². The molecule has 0 radical (unpaired) electrons. The van der Waals surface area contributed by atoms with Crippen LogP contribution in [0.25, 0.3) is 0 Å². The molecule has 0 spiro atoms. The molecule has 0 fully saturated rings. The number of benzene rings is 2. The molecule has 2 rings (SSSR count). The summed E-state index contributed by atoms with van der Waals surface area (Å²) in [7, 11) is 0. The minimum atomic E-state index is -0.736. The zero-order valence-corrected chi connectivity index (χ0v) is 14.1. The van der Waals surface area contributed by atoms with Gasteiger partial charge in [-0.1, -0.05) is 32.0 Å². The maximum absolute atomic E-state index is 14.0. The summed E-state index contributed by atoms with van der Waals surface area (Å²) in [6, 6.07) is 11.9. The number of hydrogen-bond donors (Lipinski definition) is 0. The van der Waals surface area contributed by atoms with Crippen LogP contribution in [-0.2, 0) is 21.7 Å². The molecule has 0 aromatic heterocycles. The summed E-state index contributed by atoms with van der Waals surface area (Å²) < 4.78 is 27.0. The van der Waals surface area contributed by atoms with E-state index in [9.17, 15) is 13.6 Å². The first-order valence-electron chi connectivity index (χ1n) is 6.81. The Balaban J connectivity index is 0.00000242. The van der Waals surface area contributed by atoms with Gasteiger partial charge in [0, 0.05) is 39.9 Å². The van der Waals surface area contributed by atoms with Crippen molar-refractivity contribution in [3.63, 3.8) is 0 Å². The van der Waals surface area contributed by atoms with Gasteiger partial charge in [-0.05, 0) is 30.2 Å². The number of anilines is 1. The Morgan fingerprint density at radius 1 is 1.09 bits per heavy atom. The van der Waals surface area contributed by atoms with Gasteiger partial charge in [-0.25, -0.2) is 8.78 Å². The molecule has 0 aliphatic rings. The number of hydrogen-bond acceptors (Lipinski definition) is 1. The van der Waals surface area contributed by atoms with Crippen LogP contribution in [0.1, 0.15) is 24.2 Å². The second kappa shape index (κ2) is 8.21. The van der Waals surface area contributed by atoms with Crippen molar-refractivity contribution in [2.24, 2.45) is 5.92 Å². The second-order valence-electron chi connectivity index (χ2n) is 5.27. The quantitative estimate of drug-likeness (QED) is 0.763. The molecule has 5 heteroatoms. The summed E-state index contributed by atoms with van der Waals surface area (Å²) in [6.45, 7) is 4.23. The molecule has 0 N–H and O–H groups in total. The molecule has 114 valence electrons. The Hall–Kier alpha value is -1.52. The first-order chi connectivity index (χ1) is 9.99. The van der Waals surface area contributed by atoms with Crippen LogP contribution >= 0.6 is 0 Å². The number of amides is 1. The number of nitrogens with zero attached hydrogens (tertiary/aromatic N) is 1. The van der Waals surface area contributed by atoms with Crippen LogP contribution < -0.4 is 4.90 Å². The van der Waals surface area contributed by atoms with Gasteiger partial charge < -0.3 is 4.90 Å². The van der Waals surface area contributed by atoms with Crippen LogP contribution in [0, 0.1) is 17.6 Å². The Labute approximate surface area is 144 Å². The SMILES string of the molecule is CC(C)CN(C(=O)c1ccccc1)c1ccc(F)cc1F.[Ti]. The third kappa shape index (κ3) is 4.49. The molecule has 0 heterocycles. The summed E-state index contributed by atoms with van der Waals surface area (Å²) in [5.41, 5.74) is 0.570. The van der Waals surface area contributed by atoms with Gasteiger partial charge in [0.2, 0.25) is 0 Å². The van der Waals surface area contributed by atoms with E-state index in [2.05, 4.69) is 0 Å². The van der Waals surface area contributed by atoms with E-state index in [1.165, 1.54) is 11.0 Å². The van der Waals surface area contributed by atoms with E-state index in [4.69, 9.17) is 0 Å². The fourth-order valence-corrected chi connectivity index (χ4v) is 2.09. The summed E-state index contributed by atoms with van der Waals surface area (Å²) >= 11 is 0. The van der Waals surface area contributed by atoms with Crippen molar-refractivity contribution in [1.29, 1.82) is 0 Å². The molecular weight excluding hydrogens is 320 g/mol. The van der Waals surface area contributed by atoms with Gasteiger partial charge in [0.05, 0.1) is 5.69 Å². The normalized spacial score (nSPS) is 10.2. The Bertz CT molecular complexity index is 632. The molecule has 2 aromatic carbocycles. The van der Waals surface area contributed by atoms with E-state index >= 15 is 0 Å². The summed E-state index contributed by atoms with van der Waals surface area (Å²) in [6.07, 6.45) is 0. The van der Waals surface area contributed by atoms with Crippen LogP contribution in [0.4, 0.5) is 14.5 Å². The van der Waals surface area contributed by atoms with Crippen molar-refractivity contribution in [2.45, 2.75) is 13.8 Å². The third-order valence-electron chi connectivity index (χ3n) is 3.01. The molecule has 0 aliphatic carbocycles. The van der Waals surface area contributed by atoms with Crippen LogP contribution in [0.15, 0.2) is 48.5 Å². The molecule has 0 unspecified atom stereocenters. The molecule has 22 heavy (non-hydrogen) atoms.